The molecule has 1 saturated heterocycles. The quantitative estimate of drug-likeness (QED) is 0.208. The Morgan fingerprint density at radius 3 is 2.30 bits per heavy atom. The maximum atomic E-state index is 14.2. The monoisotopic (exact) mass is 673 g/mol. The molecular weight excluding hydrogens is 638 g/mol. The van der Waals surface area contributed by atoms with Gasteiger partial charge < -0.3 is 19.7 Å². The van der Waals surface area contributed by atoms with Gasteiger partial charge in [-0.2, -0.15) is 0 Å². The molecule has 0 bridgehead atoms. The summed E-state index contributed by atoms with van der Waals surface area (Å²) in [4.78, 5) is 34.4. The summed E-state index contributed by atoms with van der Waals surface area (Å²) in [6, 6.07) is 35.4. The normalized spacial score (nSPS) is 15.1. The van der Waals surface area contributed by atoms with E-state index >= 15 is 0 Å². The van der Waals surface area contributed by atoms with Crippen LogP contribution in [0.2, 0.25) is 0 Å². The number of nitrogens with one attached hydrogen (secondary N) is 1. The highest BCUT2D eigenvalue weighted by Crippen LogP contribution is 2.33. The van der Waals surface area contributed by atoms with E-state index in [2.05, 4.69) is 60.9 Å². The fourth-order valence-electron chi connectivity index (χ4n) is 6.44. The van der Waals surface area contributed by atoms with Gasteiger partial charge in [0.25, 0.3) is 11.8 Å². The van der Waals surface area contributed by atoms with Gasteiger partial charge in [-0.15, -0.1) is 0 Å². The molecule has 2 aliphatic rings. The van der Waals surface area contributed by atoms with E-state index in [1.165, 1.54) is 5.69 Å². The van der Waals surface area contributed by atoms with Crippen molar-refractivity contribution in [3.63, 3.8) is 0 Å². The second-order valence-corrected chi connectivity index (χ2v) is 12.9. The molecular formula is C38H36BrN5O2. The van der Waals surface area contributed by atoms with Crippen molar-refractivity contribution in [2.45, 2.75) is 19.6 Å². The van der Waals surface area contributed by atoms with E-state index in [0.29, 0.717) is 27.8 Å². The predicted octanol–water partition coefficient (Wildman–Crippen LogP) is 7.13. The maximum absolute atomic E-state index is 14.2. The van der Waals surface area contributed by atoms with E-state index in [9.17, 15) is 9.59 Å². The number of rotatable bonds is 6. The average Bonchev–Trinajstić information content (AvgIpc) is 3.36. The second-order valence-electron chi connectivity index (χ2n) is 12.1. The number of anilines is 2. The van der Waals surface area contributed by atoms with Gasteiger partial charge in [-0.1, -0.05) is 66.7 Å². The van der Waals surface area contributed by atoms with Gasteiger partial charge in [-0.05, 0) is 82.1 Å². The summed E-state index contributed by atoms with van der Waals surface area (Å²) in [5.74, 6) is -0.304. The van der Waals surface area contributed by atoms with Gasteiger partial charge >= 0.3 is 0 Å². The summed E-state index contributed by atoms with van der Waals surface area (Å²) in [6.07, 6.45) is 0. The highest BCUT2D eigenvalue weighted by Gasteiger charge is 2.28. The number of nitrogens with zero attached hydrogens (tertiary/aromatic N) is 4. The summed E-state index contributed by atoms with van der Waals surface area (Å²) in [6.45, 7) is 6.37. The standard InChI is InChI=1S/C38H36BrN5O2/c1-41-19-21-42(22-20-41)25-30-16-17-31-26-44(36-14-8-5-11-28(36)24-43(30)31)38(46)34-18-15-29(23-35(34)39)40-37(45)33-13-7-6-12-32(33)27-9-3-2-4-10-27/h2-18,23H,19-22,24-26H2,1H3,(H,40,45). The zero-order chi connectivity index (χ0) is 31.6. The van der Waals surface area contributed by atoms with Crippen LogP contribution in [0, 0.1) is 0 Å². The minimum atomic E-state index is -0.208. The van der Waals surface area contributed by atoms with Crippen molar-refractivity contribution < 1.29 is 9.59 Å². The van der Waals surface area contributed by atoms with Crippen molar-refractivity contribution >= 4 is 39.1 Å². The molecule has 0 radical (unpaired) electrons. The minimum Gasteiger partial charge on any atom is -0.341 e. The summed E-state index contributed by atoms with van der Waals surface area (Å²) < 4.78 is 3.00. The molecule has 4 aromatic carbocycles. The van der Waals surface area contributed by atoms with Crippen molar-refractivity contribution in [2.75, 3.05) is 43.4 Å². The molecule has 46 heavy (non-hydrogen) atoms. The van der Waals surface area contributed by atoms with Crippen LogP contribution < -0.4 is 10.2 Å². The van der Waals surface area contributed by atoms with Crippen LogP contribution in [-0.2, 0) is 19.6 Å². The third kappa shape index (κ3) is 6.16. The van der Waals surface area contributed by atoms with Gasteiger partial charge in [0, 0.05) is 72.1 Å². The number of carbonyl (C=O) groups is 2. The van der Waals surface area contributed by atoms with Crippen molar-refractivity contribution in [3.8, 4) is 11.1 Å². The molecule has 0 spiro atoms. The van der Waals surface area contributed by atoms with Crippen molar-refractivity contribution in [1.82, 2.24) is 14.4 Å². The Bertz CT molecular complexity index is 1890. The van der Waals surface area contributed by atoms with Crippen LogP contribution in [0.5, 0.6) is 0 Å². The molecule has 2 aliphatic heterocycles. The van der Waals surface area contributed by atoms with Crippen LogP contribution >= 0.6 is 15.9 Å². The molecule has 0 atom stereocenters. The maximum Gasteiger partial charge on any atom is 0.259 e. The summed E-state index contributed by atoms with van der Waals surface area (Å²) in [5.41, 5.74) is 8.00. The van der Waals surface area contributed by atoms with Crippen LogP contribution in [0.3, 0.4) is 0 Å². The highest BCUT2D eigenvalue weighted by molar-refractivity contribution is 9.10. The van der Waals surface area contributed by atoms with Gasteiger partial charge in [0.1, 0.15) is 0 Å². The molecule has 7 rings (SSSR count). The largest absolute Gasteiger partial charge is 0.341 e. The lowest BCUT2D eigenvalue weighted by atomic mass is 9.99. The first-order valence-electron chi connectivity index (χ1n) is 15.7. The number of hydrogen-bond donors (Lipinski definition) is 1. The van der Waals surface area contributed by atoms with Crippen LogP contribution in [-0.4, -0.2) is 59.4 Å². The number of likely N-dealkylation sites (N-methyl/N-ethyl adjacent to an activating group) is 1. The smallest absolute Gasteiger partial charge is 0.259 e. The number of para-hydroxylation sites is 1. The first kappa shape index (κ1) is 30.2. The molecule has 8 heteroatoms. The lowest BCUT2D eigenvalue weighted by molar-refractivity contribution is 0.0983. The summed E-state index contributed by atoms with van der Waals surface area (Å²) >= 11 is 3.65. The van der Waals surface area contributed by atoms with E-state index in [4.69, 9.17) is 0 Å². The molecule has 0 saturated carbocycles. The average molecular weight is 675 g/mol. The molecule has 0 unspecified atom stereocenters. The number of amides is 2. The van der Waals surface area contributed by atoms with Crippen LogP contribution in [0.25, 0.3) is 11.1 Å². The highest BCUT2D eigenvalue weighted by atomic mass is 79.9. The third-order valence-electron chi connectivity index (χ3n) is 9.03. The molecule has 3 heterocycles. The molecule has 1 fully saturated rings. The Balaban J connectivity index is 1.12. The predicted molar refractivity (Wildman–Crippen MR) is 187 cm³/mol. The van der Waals surface area contributed by atoms with Crippen LogP contribution in [0.4, 0.5) is 11.4 Å². The van der Waals surface area contributed by atoms with Crippen LogP contribution in [0.15, 0.2) is 114 Å². The topological polar surface area (TPSA) is 60.8 Å². The van der Waals surface area contributed by atoms with E-state index < -0.39 is 0 Å². The number of benzene rings is 4. The Morgan fingerprint density at radius 2 is 1.50 bits per heavy atom. The number of aromatic nitrogens is 1. The number of carbonyl (C=O) groups excluding carboxylic acids is 2. The number of halogens is 1. The second kappa shape index (κ2) is 13.1. The Hall–Kier alpha value is -4.50. The molecule has 5 aromatic rings. The van der Waals surface area contributed by atoms with E-state index in [-0.39, 0.29) is 11.8 Å². The Morgan fingerprint density at radius 1 is 0.761 bits per heavy atom. The van der Waals surface area contributed by atoms with Gasteiger partial charge in [0.15, 0.2) is 0 Å². The first-order valence-corrected chi connectivity index (χ1v) is 16.5. The zero-order valence-corrected chi connectivity index (χ0v) is 27.4. The van der Waals surface area contributed by atoms with Gasteiger partial charge in [0.05, 0.1) is 12.1 Å². The number of piperazine rings is 1. The van der Waals surface area contributed by atoms with E-state index in [1.54, 1.807) is 18.2 Å². The molecule has 1 N–H and O–H groups in total. The molecule has 7 nitrogen and oxygen atoms in total. The van der Waals surface area contributed by atoms with Crippen LogP contribution in [0.1, 0.15) is 37.7 Å². The fourth-order valence-corrected chi connectivity index (χ4v) is 6.99. The van der Waals surface area contributed by atoms with Gasteiger partial charge in [0.2, 0.25) is 0 Å². The number of fused-ring (bicyclic) bond motifs is 2. The Labute approximate surface area is 278 Å². The lowest BCUT2D eigenvalue weighted by Gasteiger charge is -2.32. The van der Waals surface area contributed by atoms with Crippen molar-refractivity contribution in [2.24, 2.45) is 0 Å². The molecule has 0 aliphatic carbocycles. The SMILES string of the molecule is CN1CCN(Cc2ccc3n2Cc2ccccc2N(C(=O)c2ccc(NC(=O)c4ccccc4-c4ccccc4)cc2Br)C3)CC1. The van der Waals surface area contributed by atoms with Gasteiger partial charge in [-0.25, -0.2) is 0 Å². The number of hydrogen-bond acceptors (Lipinski definition) is 4. The molecule has 2 amide bonds. The van der Waals surface area contributed by atoms with E-state index in [0.717, 1.165) is 67.3 Å². The summed E-state index contributed by atoms with van der Waals surface area (Å²) in [7, 11) is 2.18. The minimum absolute atomic E-state index is 0.0955. The van der Waals surface area contributed by atoms with Crippen molar-refractivity contribution in [3.05, 3.63) is 142 Å². The zero-order valence-electron chi connectivity index (χ0n) is 25.8. The summed E-state index contributed by atoms with van der Waals surface area (Å²) in [5, 5.41) is 3.03. The van der Waals surface area contributed by atoms with E-state index in [1.807, 2.05) is 77.7 Å². The van der Waals surface area contributed by atoms with Gasteiger partial charge in [-0.3, -0.25) is 14.5 Å². The van der Waals surface area contributed by atoms with Crippen molar-refractivity contribution in [1.29, 1.82) is 0 Å². The third-order valence-corrected chi connectivity index (χ3v) is 9.69. The fraction of sp³-hybridized carbons (Fsp3) is 0.211. The molecule has 232 valence electrons. The Kier molecular flexibility index (Phi) is 8.58. The molecule has 1 aromatic heterocycles. The first-order chi connectivity index (χ1) is 22.4. The lowest BCUT2D eigenvalue weighted by Crippen LogP contribution is -2.44.